The molecule has 184 valence electrons. The largest absolute Gasteiger partial charge is 0.461 e. The van der Waals surface area contributed by atoms with Crippen molar-refractivity contribution in [3.05, 3.63) is 88.5 Å². The zero-order valence-electron chi connectivity index (χ0n) is 19.8. The van der Waals surface area contributed by atoms with Gasteiger partial charge in [0.15, 0.2) is 5.69 Å². The molecule has 1 aliphatic heterocycles. The summed E-state index contributed by atoms with van der Waals surface area (Å²) in [6, 6.07) is 19.4. The van der Waals surface area contributed by atoms with Crippen LogP contribution in [0.15, 0.2) is 72.1 Å². The highest BCUT2D eigenvalue weighted by Crippen LogP contribution is 2.28. The Hall–Kier alpha value is -3.98. The van der Waals surface area contributed by atoms with Gasteiger partial charge in [-0.15, -0.1) is 11.3 Å². The van der Waals surface area contributed by atoms with Crippen molar-refractivity contribution in [3.63, 3.8) is 0 Å². The Morgan fingerprint density at radius 2 is 1.67 bits per heavy atom. The predicted molar refractivity (Wildman–Crippen MR) is 137 cm³/mol. The Morgan fingerprint density at radius 3 is 2.31 bits per heavy atom. The van der Waals surface area contributed by atoms with Crippen molar-refractivity contribution in [2.24, 2.45) is 0 Å². The van der Waals surface area contributed by atoms with Crippen molar-refractivity contribution in [1.29, 1.82) is 0 Å². The summed E-state index contributed by atoms with van der Waals surface area (Å²) in [4.78, 5) is 29.9. The molecule has 5 rings (SSSR count). The maximum Gasteiger partial charge on any atom is 0.358 e. The second-order valence-electron chi connectivity index (χ2n) is 8.33. The minimum absolute atomic E-state index is 0.0893. The number of aromatic nitrogens is 2. The number of anilines is 1. The number of benzene rings is 2. The molecule has 0 radical (unpaired) electrons. The van der Waals surface area contributed by atoms with Crippen molar-refractivity contribution in [2.45, 2.75) is 6.92 Å². The minimum atomic E-state index is -0.508. The smallest absolute Gasteiger partial charge is 0.358 e. The fourth-order valence-corrected chi connectivity index (χ4v) is 4.93. The Kier molecular flexibility index (Phi) is 6.81. The molecule has 0 spiro atoms. The second-order valence-corrected chi connectivity index (χ2v) is 9.27. The van der Waals surface area contributed by atoms with Gasteiger partial charge in [0.2, 0.25) is 0 Å². The van der Waals surface area contributed by atoms with E-state index in [4.69, 9.17) is 4.74 Å². The normalized spacial score (nSPS) is 13.6. The van der Waals surface area contributed by atoms with Gasteiger partial charge in [0.25, 0.3) is 5.91 Å². The number of amides is 1. The second kappa shape index (κ2) is 10.3. The molecule has 36 heavy (non-hydrogen) atoms. The fraction of sp³-hybridized carbons (Fsp3) is 0.222. The summed E-state index contributed by atoms with van der Waals surface area (Å²) in [7, 11) is 0. The Morgan fingerprint density at radius 1 is 0.972 bits per heavy atom. The van der Waals surface area contributed by atoms with Crippen LogP contribution in [0.4, 0.5) is 10.1 Å². The van der Waals surface area contributed by atoms with Crippen LogP contribution in [-0.4, -0.2) is 59.3 Å². The topological polar surface area (TPSA) is 67.7 Å². The van der Waals surface area contributed by atoms with Gasteiger partial charge in [-0.05, 0) is 60.8 Å². The van der Waals surface area contributed by atoms with Crippen molar-refractivity contribution in [3.8, 4) is 16.9 Å². The third kappa shape index (κ3) is 4.87. The average Bonchev–Trinajstić information content (AvgIpc) is 3.60. The van der Waals surface area contributed by atoms with Gasteiger partial charge in [-0.2, -0.15) is 5.10 Å². The fourth-order valence-electron chi connectivity index (χ4n) is 4.24. The quantitative estimate of drug-likeness (QED) is 0.350. The van der Waals surface area contributed by atoms with Crippen LogP contribution in [0, 0.1) is 5.82 Å². The Bertz CT molecular complexity index is 1340. The van der Waals surface area contributed by atoms with E-state index in [9.17, 15) is 14.0 Å². The number of nitrogens with zero attached hydrogens (tertiary/aromatic N) is 4. The van der Waals surface area contributed by atoms with Gasteiger partial charge >= 0.3 is 5.97 Å². The summed E-state index contributed by atoms with van der Waals surface area (Å²) in [6.45, 7) is 4.82. The molecule has 2 aromatic heterocycles. The summed E-state index contributed by atoms with van der Waals surface area (Å²) < 4.78 is 20.2. The highest BCUT2D eigenvalue weighted by Gasteiger charge is 2.23. The van der Waals surface area contributed by atoms with Crippen LogP contribution in [0.3, 0.4) is 0 Å². The van der Waals surface area contributed by atoms with E-state index in [1.54, 1.807) is 29.8 Å². The van der Waals surface area contributed by atoms with E-state index in [0.29, 0.717) is 24.5 Å². The van der Waals surface area contributed by atoms with Crippen LogP contribution < -0.4 is 4.90 Å². The van der Waals surface area contributed by atoms with Gasteiger partial charge in [-0.1, -0.05) is 18.2 Å². The molecule has 0 unspecified atom stereocenters. The number of rotatable bonds is 6. The Labute approximate surface area is 212 Å². The van der Waals surface area contributed by atoms with E-state index < -0.39 is 5.97 Å². The van der Waals surface area contributed by atoms with Crippen LogP contribution in [0.25, 0.3) is 16.9 Å². The van der Waals surface area contributed by atoms with Crippen molar-refractivity contribution >= 4 is 28.9 Å². The highest BCUT2D eigenvalue weighted by molar-refractivity contribution is 7.12. The third-order valence-corrected chi connectivity index (χ3v) is 6.95. The van der Waals surface area contributed by atoms with Crippen LogP contribution in [-0.2, 0) is 4.74 Å². The van der Waals surface area contributed by atoms with Crippen LogP contribution in [0.2, 0.25) is 0 Å². The summed E-state index contributed by atoms with van der Waals surface area (Å²) in [6.07, 6.45) is 0. The first-order valence-electron chi connectivity index (χ1n) is 11.7. The summed E-state index contributed by atoms with van der Waals surface area (Å²) >= 11 is 1.47. The number of ether oxygens (including phenoxy) is 1. The first-order valence-corrected chi connectivity index (χ1v) is 12.6. The monoisotopic (exact) mass is 504 g/mol. The number of piperazine rings is 1. The lowest BCUT2D eigenvalue weighted by atomic mass is 10.1. The SMILES string of the molecule is CCOC(=O)c1cc(-c2ccc(N3CCN(C(=O)c4cccs4)CC3)cc2)n(-c2ccc(F)cc2)n1. The van der Waals surface area contributed by atoms with Crippen molar-refractivity contribution < 1.29 is 18.7 Å². The zero-order chi connectivity index (χ0) is 25.1. The molecule has 0 N–H and O–H groups in total. The molecule has 2 aromatic carbocycles. The standard InChI is InChI=1S/C27H25FN4O3S/c1-2-35-27(34)23-18-24(32(29-23)22-11-7-20(28)8-12-22)19-5-9-21(10-6-19)30-13-15-31(16-14-30)26(33)25-4-3-17-36-25/h3-12,17-18H,2,13-16H2,1H3. The number of carbonyl (C=O) groups excluding carboxylic acids is 2. The van der Waals surface area contributed by atoms with Gasteiger partial charge in [0, 0.05) is 37.4 Å². The molecule has 3 heterocycles. The molecule has 0 saturated carbocycles. The third-order valence-electron chi connectivity index (χ3n) is 6.09. The molecule has 7 nitrogen and oxygen atoms in total. The van der Waals surface area contributed by atoms with E-state index in [-0.39, 0.29) is 24.0 Å². The molecule has 1 aliphatic rings. The van der Waals surface area contributed by atoms with Crippen molar-refractivity contribution in [2.75, 3.05) is 37.7 Å². The zero-order valence-corrected chi connectivity index (χ0v) is 20.6. The molecule has 0 aliphatic carbocycles. The first-order chi connectivity index (χ1) is 17.5. The van der Waals surface area contributed by atoms with E-state index in [2.05, 4.69) is 10.00 Å². The van der Waals surface area contributed by atoms with Gasteiger partial charge in [-0.3, -0.25) is 4.79 Å². The number of halogens is 1. The summed E-state index contributed by atoms with van der Waals surface area (Å²) in [5, 5.41) is 6.36. The highest BCUT2D eigenvalue weighted by atomic mass is 32.1. The average molecular weight is 505 g/mol. The van der Waals surface area contributed by atoms with Crippen LogP contribution in [0.1, 0.15) is 27.1 Å². The number of hydrogen-bond donors (Lipinski definition) is 0. The Balaban J connectivity index is 1.35. The lowest BCUT2D eigenvalue weighted by Gasteiger charge is -2.36. The van der Waals surface area contributed by atoms with E-state index in [1.165, 1.54) is 23.5 Å². The van der Waals surface area contributed by atoms with E-state index in [0.717, 1.165) is 29.2 Å². The molecular weight excluding hydrogens is 479 g/mol. The molecule has 4 aromatic rings. The van der Waals surface area contributed by atoms with Crippen LogP contribution >= 0.6 is 11.3 Å². The van der Waals surface area contributed by atoms with Crippen LogP contribution in [0.5, 0.6) is 0 Å². The molecule has 0 atom stereocenters. The molecule has 1 amide bonds. The number of hydrogen-bond acceptors (Lipinski definition) is 6. The molecular formula is C27H25FN4O3S. The lowest BCUT2D eigenvalue weighted by Crippen LogP contribution is -2.48. The molecule has 9 heteroatoms. The van der Waals surface area contributed by atoms with Crippen molar-refractivity contribution in [1.82, 2.24) is 14.7 Å². The summed E-state index contributed by atoms with van der Waals surface area (Å²) in [5.41, 5.74) is 3.44. The van der Waals surface area contributed by atoms with Gasteiger partial charge in [-0.25, -0.2) is 13.9 Å². The molecule has 0 bridgehead atoms. The van der Waals surface area contributed by atoms with Gasteiger partial charge in [0.1, 0.15) is 5.82 Å². The van der Waals surface area contributed by atoms with E-state index in [1.807, 2.05) is 46.7 Å². The van der Waals surface area contributed by atoms with E-state index >= 15 is 0 Å². The maximum atomic E-state index is 13.5. The van der Waals surface area contributed by atoms with Gasteiger partial charge < -0.3 is 14.5 Å². The maximum absolute atomic E-state index is 13.5. The lowest BCUT2D eigenvalue weighted by molar-refractivity contribution is 0.0518. The minimum Gasteiger partial charge on any atom is -0.461 e. The molecule has 1 saturated heterocycles. The number of carbonyl (C=O) groups is 2. The first kappa shape index (κ1) is 23.7. The molecule has 1 fully saturated rings. The number of thiophene rings is 1. The predicted octanol–water partition coefficient (Wildman–Crippen LogP) is 4.88. The summed E-state index contributed by atoms with van der Waals surface area (Å²) in [5.74, 6) is -0.766. The number of esters is 1. The van der Waals surface area contributed by atoms with Gasteiger partial charge in [0.05, 0.1) is 22.9 Å².